The average molecular weight is 320 g/mol. The van der Waals surface area contributed by atoms with Gasteiger partial charge in [0.25, 0.3) is 0 Å². The molecule has 0 saturated heterocycles. The van der Waals surface area contributed by atoms with Crippen LogP contribution in [0.25, 0.3) is 0 Å². The van der Waals surface area contributed by atoms with Gasteiger partial charge in [-0.05, 0) is 59.9 Å². The lowest BCUT2D eigenvalue weighted by atomic mass is 10.1. The van der Waals surface area contributed by atoms with Crippen molar-refractivity contribution in [2.45, 2.75) is 32.7 Å². The lowest BCUT2D eigenvalue weighted by molar-refractivity contribution is 0.281. The van der Waals surface area contributed by atoms with Gasteiger partial charge in [-0.2, -0.15) is 0 Å². The Bertz CT molecular complexity index is 312. The van der Waals surface area contributed by atoms with Gasteiger partial charge in [-0.3, -0.25) is 11.3 Å². The summed E-state index contributed by atoms with van der Waals surface area (Å²) in [5, 5.41) is 2.11. The smallest absolute Gasteiger partial charge is 0.0314 e. The summed E-state index contributed by atoms with van der Waals surface area (Å²) in [6.07, 6.45) is 2.08. The van der Waals surface area contributed by atoms with Crippen molar-refractivity contribution in [1.82, 2.24) is 10.3 Å². The van der Waals surface area contributed by atoms with Gasteiger partial charge >= 0.3 is 0 Å². The van der Waals surface area contributed by atoms with Crippen LogP contribution in [0.3, 0.4) is 0 Å². The highest BCUT2D eigenvalue weighted by atomic mass is 79.9. The highest BCUT2D eigenvalue weighted by Gasteiger charge is 2.12. The van der Waals surface area contributed by atoms with E-state index in [9.17, 15) is 0 Å². The Labute approximate surface area is 116 Å². The quantitative estimate of drug-likeness (QED) is 0.571. The molecular weight excluding hydrogens is 298 g/mol. The van der Waals surface area contributed by atoms with Crippen molar-refractivity contribution < 1.29 is 0 Å². The first-order valence-corrected chi connectivity index (χ1v) is 7.78. The summed E-state index contributed by atoms with van der Waals surface area (Å²) in [5.74, 6) is 5.63. The third-order valence-corrected chi connectivity index (χ3v) is 5.00. The normalized spacial score (nSPS) is 13.2. The van der Waals surface area contributed by atoms with Gasteiger partial charge in [-0.1, -0.05) is 13.8 Å². The molecule has 0 fully saturated rings. The number of thiophene rings is 1. The second-order valence-electron chi connectivity index (χ2n) is 4.07. The Morgan fingerprint density at radius 3 is 2.65 bits per heavy atom. The third kappa shape index (κ3) is 5.06. The van der Waals surface area contributed by atoms with Gasteiger partial charge in [0, 0.05) is 15.4 Å². The summed E-state index contributed by atoms with van der Waals surface area (Å²) < 4.78 is 1.20. The van der Waals surface area contributed by atoms with Crippen molar-refractivity contribution in [2.24, 2.45) is 5.84 Å². The molecule has 1 heterocycles. The van der Waals surface area contributed by atoms with E-state index in [0.29, 0.717) is 6.04 Å². The van der Waals surface area contributed by atoms with Crippen LogP contribution in [0.4, 0.5) is 0 Å². The molecule has 98 valence electrons. The second kappa shape index (κ2) is 8.21. The fourth-order valence-corrected chi connectivity index (χ4v) is 3.41. The summed E-state index contributed by atoms with van der Waals surface area (Å²) in [6, 6.07) is 2.45. The monoisotopic (exact) mass is 319 g/mol. The van der Waals surface area contributed by atoms with Crippen molar-refractivity contribution in [3.05, 3.63) is 20.8 Å². The molecule has 0 aliphatic rings. The van der Waals surface area contributed by atoms with E-state index < -0.39 is 0 Å². The van der Waals surface area contributed by atoms with Crippen LogP contribution in [0.5, 0.6) is 0 Å². The van der Waals surface area contributed by atoms with Crippen LogP contribution in [0, 0.1) is 0 Å². The van der Waals surface area contributed by atoms with Crippen LogP contribution >= 0.6 is 27.3 Å². The first-order chi connectivity index (χ1) is 8.21. The summed E-state index contributed by atoms with van der Waals surface area (Å²) in [4.78, 5) is 3.79. The van der Waals surface area contributed by atoms with Gasteiger partial charge in [-0.15, -0.1) is 11.3 Å². The van der Waals surface area contributed by atoms with E-state index in [1.807, 2.05) is 0 Å². The molecule has 3 nitrogen and oxygen atoms in total. The van der Waals surface area contributed by atoms with Crippen LogP contribution in [0.1, 0.15) is 25.1 Å². The molecule has 5 heteroatoms. The number of nitrogens with two attached hydrogens (primary N) is 1. The summed E-state index contributed by atoms with van der Waals surface area (Å²) in [6.45, 7) is 7.71. The van der Waals surface area contributed by atoms with Gasteiger partial charge in [0.2, 0.25) is 0 Å². The van der Waals surface area contributed by atoms with Gasteiger partial charge in [-0.25, -0.2) is 0 Å². The maximum absolute atomic E-state index is 5.63. The summed E-state index contributed by atoms with van der Waals surface area (Å²) in [7, 11) is 0. The molecule has 0 spiro atoms. The number of hydrogen-bond acceptors (Lipinski definition) is 4. The molecule has 1 atom stereocenters. The number of hydrazine groups is 1. The molecule has 0 saturated carbocycles. The maximum Gasteiger partial charge on any atom is 0.0314 e. The Kier molecular flexibility index (Phi) is 7.30. The van der Waals surface area contributed by atoms with E-state index in [0.717, 1.165) is 32.5 Å². The minimum absolute atomic E-state index is 0.352. The zero-order chi connectivity index (χ0) is 12.7. The van der Waals surface area contributed by atoms with E-state index in [1.54, 1.807) is 11.3 Å². The Balaban J connectivity index is 2.41. The highest BCUT2D eigenvalue weighted by Crippen LogP contribution is 2.24. The van der Waals surface area contributed by atoms with Crippen LogP contribution in [0.15, 0.2) is 15.9 Å². The number of nitrogens with one attached hydrogen (secondary N) is 1. The lowest BCUT2D eigenvalue weighted by Gasteiger charge is -2.22. The predicted molar refractivity (Wildman–Crippen MR) is 79.2 cm³/mol. The van der Waals surface area contributed by atoms with Crippen molar-refractivity contribution in [3.63, 3.8) is 0 Å². The number of halogens is 1. The maximum atomic E-state index is 5.63. The Morgan fingerprint density at radius 2 is 2.18 bits per heavy atom. The fourth-order valence-electron chi connectivity index (χ4n) is 1.82. The van der Waals surface area contributed by atoms with Gasteiger partial charge < -0.3 is 4.90 Å². The summed E-state index contributed by atoms with van der Waals surface area (Å²) in [5.41, 5.74) is 2.93. The van der Waals surface area contributed by atoms with Crippen molar-refractivity contribution in [1.29, 1.82) is 0 Å². The zero-order valence-corrected chi connectivity index (χ0v) is 13.0. The van der Waals surface area contributed by atoms with E-state index >= 15 is 0 Å². The van der Waals surface area contributed by atoms with E-state index in [1.165, 1.54) is 9.35 Å². The summed E-state index contributed by atoms with van der Waals surface area (Å²) >= 11 is 5.35. The SMILES string of the molecule is CCN(CC)CCC(Cc1sccc1Br)NN. The molecule has 17 heavy (non-hydrogen) atoms. The van der Waals surface area contributed by atoms with Crippen LogP contribution in [0.2, 0.25) is 0 Å². The molecule has 1 unspecified atom stereocenters. The molecule has 1 aromatic rings. The predicted octanol–water partition coefficient (Wildman–Crippen LogP) is 2.62. The van der Waals surface area contributed by atoms with Gasteiger partial charge in [0.05, 0.1) is 0 Å². The lowest BCUT2D eigenvalue weighted by Crippen LogP contribution is -2.39. The molecule has 0 radical (unpaired) electrons. The van der Waals surface area contributed by atoms with Crippen LogP contribution < -0.4 is 11.3 Å². The first-order valence-electron chi connectivity index (χ1n) is 6.11. The van der Waals surface area contributed by atoms with E-state index in [-0.39, 0.29) is 0 Å². The standard InChI is InChI=1S/C12H22BrN3S/c1-3-16(4-2)7-5-10(15-14)9-12-11(13)6-8-17-12/h6,8,10,15H,3-5,7,9,14H2,1-2H3. The molecule has 0 aliphatic heterocycles. The van der Waals surface area contributed by atoms with Crippen LogP contribution in [-0.4, -0.2) is 30.6 Å². The molecule has 1 aromatic heterocycles. The largest absolute Gasteiger partial charge is 0.304 e. The van der Waals surface area contributed by atoms with Crippen molar-refractivity contribution in [3.8, 4) is 0 Å². The fraction of sp³-hybridized carbons (Fsp3) is 0.667. The van der Waals surface area contributed by atoms with E-state index in [2.05, 4.69) is 51.5 Å². The highest BCUT2D eigenvalue weighted by molar-refractivity contribution is 9.10. The molecule has 0 aromatic carbocycles. The second-order valence-corrected chi connectivity index (χ2v) is 5.93. The number of rotatable bonds is 8. The van der Waals surface area contributed by atoms with Gasteiger partial charge in [0.1, 0.15) is 0 Å². The molecule has 0 bridgehead atoms. The molecular formula is C12H22BrN3S. The Morgan fingerprint density at radius 1 is 1.47 bits per heavy atom. The van der Waals surface area contributed by atoms with Gasteiger partial charge in [0.15, 0.2) is 0 Å². The van der Waals surface area contributed by atoms with Crippen molar-refractivity contribution in [2.75, 3.05) is 19.6 Å². The van der Waals surface area contributed by atoms with Crippen molar-refractivity contribution >= 4 is 27.3 Å². The number of hydrogen-bond donors (Lipinski definition) is 2. The van der Waals surface area contributed by atoms with Crippen LogP contribution in [-0.2, 0) is 6.42 Å². The zero-order valence-electron chi connectivity index (χ0n) is 10.6. The van der Waals surface area contributed by atoms with E-state index in [4.69, 9.17) is 5.84 Å². The average Bonchev–Trinajstić information content (AvgIpc) is 2.74. The first kappa shape index (κ1) is 15.1. The minimum atomic E-state index is 0.352. The topological polar surface area (TPSA) is 41.3 Å². The Hall–Kier alpha value is 0.0600. The number of nitrogens with zero attached hydrogens (tertiary/aromatic N) is 1. The third-order valence-electron chi connectivity index (χ3n) is 3.05. The molecule has 1 rings (SSSR count). The minimum Gasteiger partial charge on any atom is -0.304 e. The molecule has 0 aliphatic carbocycles. The molecule has 3 N–H and O–H groups in total. The molecule has 0 amide bonds.